The van der Waals surface area contributed by atoms with Gasteiger partial charge in [-0.15, -0.1) is 0 Å². The van der Waals surface area contributed by atoms with Crippen LogP contribution in [0.5, 0.6) is 5.75 Å². The van der Waals surface area contributed by atoms with E-state index in [4.69, 9.17) is 21.4 Å². The maximum Gasteiger partial charge on any atom is 0.303 e. The highest BCUT2D eigenvalue weighted by Gasteiger charge is 2.20. The number of aromatic amines is 1. The second-order valence-corrected chi connectivity index (χ2v) is 7.62. The smallest absolute Gasteiger partial charge is 0.303 e. The molecule has 30 heavy (non-hydrogen) atoms. The highest BCUT2D eigenvalue weighted by Crippen LogP contribution is 2.34. The molecule has 1 atom stereocenters. The molecule has 0 radical (unpaired) electrons. The van der Waals surface area contributed by atoms with Crippen molar-refractivity contribution in [2.45, 2.75) is 25.4 Å². The summed E-state index contributed by atoms with van der Waals surface area (Å²) in [5.41, 5.74) is 3.95. The van der Waals surface area contributed by atoms with E-state index in [1.54, 1.807) is 0 Å². The molecule has 0 fully saturated rings. The van der Waals surface area contributed by atoms with Gasteiger partial charge in [0.25, 0.3) is 0 Å². The first-order valence-electron chi connectivity index (χ1n) is 9.87. The Kier molecular flexibility index (Phi) is 6.05. The van der Waals surface area contributed by atoms with E-state index in [0.29, 0.717) is 17.9 Å². The number of carboxylic acid groups (broad SMARTS) is 1. The predicted octanol–water partition coefficient (Wildman–Crippen LogP) is 6.20. The molecule has 0 spiro atoms. The average molecular weight is 420 g/mol. The lowest BCUT2D eigenvalue weighted by molar-refractivity contribution is -0.136. The van der Waals surface area contributed by atoms with Crippen LogP contribution in [0.4, 0.5) is 0 Å². The summed E-state index contributed by atoms with van der Waals surface area (Å²) in [5, 5.41) is 10.6. The Balaban J connectivity index is 1.61. The number of rotatable bonds is 8. The standard InChI is InChI=1S/C25H22ClNO3/c26-24-21(12-9-19-14-15-27-25(19)24)22(16-18-4-2-1-3-5-18)30-20-10-6-17(7-11-20)8-13-23(28)29/h1-7,9-12,14-15,22,27H,8,13,16H2,(H,28,29). The number of H-pyrrole nitrogens is 1. The molecule has 3 aromatic carbocycles. The normalized spacial score (nSPS) is 12.0. The number of halogens is 1. The minimum Gasteiger partial charge on any atom is -0.485 e. The first-order valence-corrected chi connectivity index (χ1v) is 10.2. The van der Waals surface area contributed by atoms with E-state index >= 15 is 0 Å². The molecule has 0 aliphatic heterocycles. The number of hydrogen-bond donors (Lipinski definition) is 2. The molecular weight excluding hydrogens is 398 g/mol. The fraction of sp³-hybridized carbons (Fsp3) is 0.160. The molecule has 152 valence electrons. The molecule has 2 N–H and O–H groups in total. The van der Waals surface area contributed by atoms with Crippen LogP contribution in [0.1, 0.15) is 29.2 Å². The fourth-order valence-electron chi connectivity index (χ4n) is 3.55. The third kappa shape index (κ3) is 4.66. The van der Waals surface area contributed by atoms with Gasteiger partial charge in [-0.25, -0.2) is 0 Å². The van der Waals surface area contributed by atoms with Crippen molar-refractivity contribution in [1.29, 1.82) is 0 Å². The van der Waals surface area contributed by atoms with Crippen LogP contribution >= 0.6 is 11.6 Å². The summed E-state index contributed by atoms with van der Waals surface area (Å²) in [4.78, 5) is 14.0. The number of benzene rings is 3. The van der Waals surface area contributed by atoms with Crippen molar-refractivity contribution in [3.8, 4) is 5.75 Å². The summed E-state index contributed by atoms with van der Waals surface area (Å²) in [6.45, 7) is 0. The van der Waals surface area contributed by atoms with Gasteiger partial charge in [0.1, 0.15) is 11.9 Å². The van der Waals surface area contributed by atoms with Crippen LogP contribution in [-0.4, -0.2) is 16.1 Å². The maximum absolute atomic E-state index is 10.8. The molecule has 0 saturated carbocycles. The first-order chi connectivity index (χ1) is 14.6. The first kappa shape index (κ1) is 20.0. The lowest BCUT2D eigenvalue weighted by Gasteiger charge is -2.21. The van der Waals surface area contributed by atoms with E-state index in [2.05, 4.69) is 17.1 Å². The van der Waals surface area contributed by atoms with Gasteiger partial charge < -0.3 is 14.8 Å². The number of hydrogen-bond acceptors (Lipinski definition) is 2. The van der Waals surface area contributed by atoms with Gasteiger partial charge >= 0.3 is 5.97 Å². The topological polar surface area (TPSA) is 62.3 Å². The number of carboxylic acids is 1. The van der Waals surface area contributed by atoms with E-state index in [9.17, 15) is 4.79 Å². The van der Waals surface area contributed by atoms with E-state index in [1.807, 2.05) is 66.9 Å². The van der Waals surface area contributed by atoms with Crippen molar-refractivity contribution >= 4 is 28.5 Å². The van der Waals surface area contributed by atoms with Crippen molar-refractivity contribution in [2.75, 3.05) is 0 Å². The molecule has 0 amide bonds. The Labute approximate surface area is 180 Å². The maximum atomic E-state index is 10.8. The van der Waals surface area contributed by atoms with Gasteiger partial charge in [0.05, 0.1) is 10.5 Å². The quantitative estimate of drug-likeness (QED) is 0.357. The van der Waals surface area contributed by atoms with Gasteiger partial charge in [-0.05, 0) is 35.7 Å². The third-order valence-corrected chi connectivity index (χ3v) is 5.54. The van der Waals surface area contributed by atoms with E-state index in [1.165, 1.54) is 0 Å². The lowest BCUT2D eigenvalue weighted by atomic mass is 10.00. The number of fused-ring (bicyclic) bond motifs is 1. The Morgan fingerprint density at radius 3 is 2.47 bits per heavy atom. The number of aliphatic carboxylic acids is 1. The van der Waals surface area contributed by atoms with Gasteiger partial charge in [0.2, 0.25) is 0 Å². The van der Waals surface area contributed by atoms with Crippen molar-refractivity contribution < 1.29 is 14.6 Å². The molecule has 4 nitrogen and oxygen atoms in total. The van der Waals surface area contributed by atoms with Gasteiger partial charge in [0, 0.05) is 30.0 Å². The summed E-state index contributed by atoms with van der Waals surface area (Å²) in [5.74, 6) is -0.0785. The zero-order valence-corrected chi connectivity index (χ0v) is 17.1. The van der Waals surface area contributed by atoms with Gasteiger partial charge in [0.15, 0.2) is 0 Å². The fourth-order valence-corrected chi connectivity index (χ4v) is 3.90. The Bertz CT molecular complexity index is 1140. The van der Waals surface area contributed by atoms with Crippen LogP contribution in [0.3, 0.4) is 0 Å². The monoisotopic (exact) mass is 419 g/mol. The Morgan fingerprint density at radius 1 is 0.967 bits per heavy atom. The molecule has 0 aliphatic carbocycles. The largest absolute Gasteiger partial charge is 0.485 e. The Hall–Kier alpha value is -3.24. The summed E-state index contributed by atoms with van der Waals surface area (Å²) < 4.78 is 6.38. The van der Waals surface area contributed by atoms with Crippen molar-refractivity contribution in [3.63, 3.8) is 0 Å². The van der Waals surface area contributed by atoms with E-state index < -0.39 is 5.97 Å². The number of ether oxygens (including phenoxy) is 1. The summed E-state index contributed by atoms with van der Waals surface area (Å²) in [6, 6.07) is 23.8. The summed E-state index contributed by atoms with van der Waals surface area (Å²) in [7, 11) is 0. The Morgan fingerprint density at radius 2 is 1.73 bits per heavy atom. The molecule has 1 aromatic heterocycles. The highest BCUT2D eigenvalue weighted by atomic mass is 35.5. The molecule has 5 heteroatoms. The van der Waals surface area contributed by atoms with Crippen LogP contribution in [0.25, 0.3) is 10.9 Å². The van der Waals surface area contributed by atoms with Gasteiger partial charge in [-0.1, -0.05) is 66.2 Å². The van der Waals surface area contributed by atoms with Crippen molar-refractivity contribution in [3.05, 3.63) is 101 Å². The van der Waals surface area contributed by atoms with Gasteiger partial charge in [-0.2, -0.15) is 0 Å². The zero-order chi connectivity index (χ0) is 20.9. The summed E-state index contributed by atoms with van der Waals surface area (Å²) in [6.07, 6.45) is 2.90. The number of nitrogens with one attached hydrogen (secondary N) is 1. The van der Waals surface area contributed by atoms with Crippen LogP contribution < -0.4 is 4.74 Å². The van der Waals surface area contributed by atoms with Gasteiger partial charge in [-0.3, -0.25) is 4.79 Å². The predicted molar refractivity (Wildman–Crippen MR) is 119 cm³/mol. The molecule has 0 saturated heterocycles. The third-order valence-electron chi connectivity index (χ3n) is 5.13. The van der Waals surface area contributed by atoms with Crippen molar-refractivity contribution in [1.82, 2.24) is 4.98 Å². The van der Waals surface area contributed by atoms with Crippen LogP contribution in [0.15, 0.2) is 79.0 Å². The molecule has 0 bridgehead atoms. The van der Waals surface area contributed by atoms with Crippen molar-refractivity contribution in [2.24, 2.45) is 0 Å². The second-order valence-electron chi connectivity index (χ2n) is 7.24. The van der Waals surface area contributed by atoms with Crippen LogP contribution in [-0.2, 0) is 17.6 Å². The second kappa shape index (κ2) is 9.06. The summed E-state index contributed by atoms with van der Waals surface area (Å²) >= 11 is 6.74. The molecule has 4 rings (SSSR count). The van der Waals surface area contributed by atoms with E-state index in [0.717, 1.165) is 33.3 Å². The minimum absolute atomic E-state index is 0.114. The molecular formula is C25H22ClNO3. The van der Waals surface area contributed by atoms with Crippen LogP contribution in [0, 0.1) is 0 Å². The molecule has 1 unspecified atom stereocenters. The average Bonchev–Trinajstić information content (AvgIpc) is 3.24. The SMILES string of the molecule is O=C(O)CCc1ccc(OC(Cc2ccccc2)c2ccc3cc[nH]c3c2Cl)cc1. The van der Waals surface area contributed by atoms with Crippen LogP contribution in [0.2, 0.25) is 5.02 Å². The zero-order valence-electron chi connectivity index (χ0n) is 16.3. The van der Waals surface area contributed by atoms with E-state index in [-0.39, 0.29) is 12.5 Å². The number of aromatic nitrogens is 1. The minimum atomic E-state index is -0.799. The molecule has 0 aliphatic rings. The molecule has 4 aromatic rings. The number of carbonyl (C=O) groups is 1. The molecule has 1 heterocycles. The number of aryl methyl sites for hydroxylation is 1. The lowest BCUT2D eigenvalue weighted by Crippen LogP contribution is -2.12. The highest BCUT2D eigenvalue weighted by molar-refractivity contribution is 6.36.